The summed E-state index contributed by atoms with van der Waals surface area (Å²) >= 11 is 0. The number of nitrogens with two attached hydrogens (primary N) is 2. The maximum absolute atomic E-state index is 13.2. The lowest BCUT2D eigenvalue weighted by Crippen LogP contribution is -2.38. The third-order valence-electron chi connectivity index (χ3n) is 7.21. The number of halogens is 1. The number of rotatable bonds is 12. The van der Waals surface area contributed by atoms with Crippen LogP contribution in [0.1, 0.15) is 31.2 Å². The van der Waals surface area contributed by atoms with Gasteiger partial charge < -0.3 is 26.4 Å². The Hall–Kier alpha value is -4.81. The summed E-state index contributed by atoms with van der Waals surface area (Å²) in [5, 5.41) is 2.89. The monoisotopic (exact) mass is 632 g/mol. The van der Waals surface area contributed by atoms with Crippen molar-refractivity contribution in [2.45, 2.75) is 30.6 Å². The van der Waals surface area contributed by atoms with E-state index in [1.54, 1.807) is 54.4 Å². The van der Waals surface area contributed by atoms with Crippen molar-refractivity contribution in [3.05, 3.63) is 96.4 Å². The Bertz CT molecular complexity index is 1750. The maximum atomic E-state index is 13.2. The van der Waals surface area contributed by atoms with E-state index in [1.165, 1.54) is 31.4 Å². The Morgan fingerprint density at radius 2 is 1.71 bits per heavy atom. The van der Waals surface area contributed by atoms with Crippen LogP contribution in [0, 0.1) is 5.82 Å². The molecule has 0 aliphatic rings. The molecule has 3 aromatic carbocycles. The molecule has 236 valence electrons. The predicted molar refractivity (Wildman–Crippen MR) is 176 cm³/mol. The number of methoxy groups -OCH3 is 1. The van der Waals surface area contributed by atoms with Gasteiger partial charge in [0.2, 0.25) is 11.9 Å². The Labute approximate surface area is 262 Å². The third kappa shape index (κ3) is 8.64. The van der Waals surface area contributed by atoms with E-state index in [2.05, 4.69) is 15.3 Å². The van der Waals surface area contributed by atoms with Crippen LogP contribution in [0.15, 0.2) is 94.9 Å². The lowest BCUT2D eigenvalue weighted by atomic mass is 10.00. The second kappa shape index (κ2) is 14.8. The smallest absolute Gasteiger partial charge is 0.231 e. The molecule has 10 nitrogen and oxygen atoms in total. The summed E-state index contributed by atoms with van der Waals surface area (Å²) < 4.78 is 42.9. The molecule has 0 saturated heterocycles. The minimum Gasteiger partial charge on any atom is -0.495 e. The molecule has 0 aliphatic carbocycles. The zero-order valence-electron chi connectivity index (χ0n) is 25.4. The van der Waals surface area contributed by atoms with Gasteiger partial charge in [-0.1, -0.05) is 24.3 Å². The fourth-order valence-corrected chi connectivity index (χ4v) is 5.22. The molecule has 1 aromatic heterocycles. The SMILES string of the molecule is COc1cc(S(C)(=O)=O)ccc1N(CCCCN)C(N)=Nc1ccc(-c2ccc(NC(=O)C(C)c3ccc(F)cc3)cc2)cn1. The predicted octanol–water partition coefficient (Wildman–Crippen LogP) is 5.23. The lowest BCUT2D eigenvalue weighted by Gasteiger charge is -2.25. The molecule has 0 spiro atoms. The van der Waals surface area contributed by atoms with E-state index in [4.69, 9.17) is 16.2 Å². The minimum atomic E-state index is -3.43. The Balaban J connectivity index is 1.49. The number of amides is 1. The van der Waals surface area contributed by atoms with Crippen LogP contribution >= 0.6 is 0 Å². The Morgan fingerprint density at radius 1 is 1.02 bits per heavy atom. The van der Waals surface area contributed by atoms with Crippen LogP contribution in [0.2, 0.25) is 0 Å². The van der Waals surface area contributed by atoms with Crippen LogP contribution < -0.4 is 26.4 Å². The molecule has 12 heteroatoms. The number of hydrogen-bond donors (Lipinski definition) is 3. The zero-order valence-corrected chi connectivity index (χ0v) is 26.2. The number of benzene rings is 3. The highest BCUT2D eigenvalue weighted by Gasteiger charge is 2.19. The molecule has 1 amide bonds. The first-order valence-corrected chi connectivity index (χ1v) is 16.2. The van der Waals surface area contributed by atoms with Gasteiger partial charge in [-0.05, 0) is 86.0 Å². The van der Waals surface area contributed by atoms with Gasteiger partial charge in [0, 0.05) is 36.3 Å². The van der Waals surface area contributed by atoms with E-state index in [0.29, 0.717) is 36.0 Å². The van der Waals surface area contributed by atoms with Gasteiger partial charge in [-0.15, -0.1) is 0 Å². The van der Waals surface area contributed by atoms with Crippen LogP contribution in [-0.2, 0) is 14.6 Å². The molecule has 0 radical (unpaired) electrons. The van der Waals surface area contributed by atoms with E-state index in [9.17, 15) is 17.6 Å². The van der Waals surface area contributed by atoms with Crippen molar-refractivity contribution in [2.75, 3.05) is 36.7 Å². The van der Waals surface area contributed by atoms with Gasteiger partial charge in [0.15, 0.2) is 15.7 Å². The standard InChI is InChI=1S/C33H37FN6O4S/c1-22(23-6-11-26(34)12-7-23)32(41)38-27-13-8-24(9-14-27)25-10-17-31(37-21-25)39-33(36)40(19-5-4-18-35)29-16-15-28(45(3,42)43)20-30(29)44-2/h6-17,20-22H,4-5,18-19,35H2,1-3H3,(H,38,41)(H2,36,37,39). The maximum Gasteiger partial charge on any atom is 0.231 e. The van der Waals surface area contributed by atoms with Crippen molar-refractivity contribution in [3.63, 3.8) is 0 Å². The number of pyridine rings is 1. The van der Waals surface area contributed by atoms with Crippen LogP contribution in [0.25, 0.3) is 11.1 Å². The molecule has 1 atom stereocenters. The van der Waals surface area contributed by atoms with E-state index in [0.717, 1.165) is 35.8 Å². The summed E-state index contributed by atoms with van der Waals surface area (Å²) in [6.07, 6.45) is 4.29. The number of sulfone groups is 1. The molecule has 0 fully saturated rings. The average molecular weight is 633 g/mol. The second-order valence-electron chi connectivity index (χ2n) is 10.5. The molecular weight excluding hydrogens is 595 g/mol. The van der Waals surface area contributed by atoms with Crippen molar-refractivity contribution in [3.8, 4) is 16.9 Å². The fourth-order valence-electron chi connectivity index (χ4n) is 4.58. The Morgan fingerprint density at radius 3 is 2.31 bits per heavy atom. The number of nitrogens with zero attached hydrogens (tertiary/aromatic N) is 3. The normalized spacial score (nSPS) is 12.4. The highest BCUT2D eigenvalue weighted by Crippen LogP contribution is 2.32. The summed E-state index contributed by atoms with van der Waals surface area (Å²) in [6, 6.07) is 21.4. The number of guanidine groups is 1. The van der Waals surface area contributed by atoms with Crippen molar-refractivity contribution in [1.29, 1.82) is 0 Å². The fraction of sp³-hybridized carbons (Fsp3) is 0.242. The molecule has 45 heavy (non-hydrogen) atoms. The molecule has 1 heterocycles. The number of aliphatic imine (C=N–C) groups is 1. The van der Waals surface area contributed by atoms with E-state index in [-0.39, 0.29) is 22.6 Å². The number of anilines is 2. The van der Waals surface area contributed by atoms with Crippen LogP contribution in [0.3, 0.4) is 0 Å². The first kappa shape index (κ1) is 33.1. The van der Waals surface area contributed by atoms with Gasteiger partial charge >= 0.3 is 0 Å². The largest absolute Gasteiger partial charge is 0.495 e. The first-order chi connectivity index (χ1) is 21.5. The third-order valence-corrected chi connectivity index (χ3v) is 8.32. The van der Waals surface area contributed by atoms with Crippen molar-refractivity contribution < 1.29 is 22.3 Å². The summed E-state index contributed by atoms with van der Waals surface area (Å²) in [5.74, 6) is -0.106. The van der Waals surface area contributed by atoms with Gasteiger partial charge in [0.05, 0.1) is 23.6 Å². The van der Waals surface area contributed by atoms with Gasteiger partial charge in [0.1, 0.15) is 11.6 Å². The van der Waals surface area contributed by atoms with Gasteiger partial charge in [-0.3, -0.25) is 4.79 Å². The van der Waals surface area contributed by atoms with Crippen LogP contribution in [0.4, 0.5) is 21.6 Å². The Kier molecular flexibility index (Phi) is 10.9. The van der Waals surface area contributed by atoms with E-state index < -0.39 is 15.8 Å². The summed E-state index contributed by atoms with van der Waals surface area (Å²) in [5.41, 5.74) is 15.8. The quantitative estimate of drug-likeness (QED) is 0.109. The van der Waals surface area contributed by atoms with Gasteiger partial charge in [-0.2, -0.15) is 4.99 Å². The second-order valence-corrected chi connectivity index (χ2v) is 12.5. The van der Waals surface area contributed by atoms with Crippen molar-refractivity contribution in [2.24, 2.45) is 16.5 Å². The number of nitrogens with one attached hydrogen (secondary N) is 1. The molecule has 1 unspecified atom stereocenters. The van der Waals surface area contributed by atoms with Crippen LogP contribution in [0.5, 0.6) is 5.75 Å². The van der Waals surface area contributed by atoms with Crippen LogP contribution in [-0.4, -0.2) is 51.7 Å². The van der Waals surface area contributed by atoms with E-state index >= 15 is 0 Å². The molecule has 0 saturated carbocycles. The number of carbonyl (C=O) groups is 1. The average Bonchev–Trinajstić information content (AvgIpc) is 3.03. The molecule has 4 rings (SSSR count). The molecule has 0 aliphatic heterocycles. The highest BCUT2D eigenvalue weighted by atomic mass is 32.2. The lowest BCUT2D eigenvalue weighted by molar-refractivity contribution is -0.117. The van der Waals surface area contributed by atoms with E-state index in [1.807, 2.05) is 18.2 Å². The van der Waals surface area contributed by atoms with Crippen molar-refractivity contribution >= 4 is 38.9 Å². The first-order valence-electron chi connectivity index (χ1n) is 14.3. The topological polar surface area (TPSA) is 153 Å². The molecule has 4 aromatic rings. The number of ether oxygens (including phenoxy) is 1. The zero-order chi connectivity index (χ0) is 32.6. The minimum absolute atomic E-state index is 0.132. The summed E-state index contributed by atoms with van der Waals surface area (Å²) in [7, 11) is -1.97. The van der Waals surface area contributed by atoms with Gasteiger partial charge in [0.25, 0.3) is 0 Å². The van der Waals surface area contributed by atoms with Gasteiger partial charge in [-0.25, -0.2) is 17.8 Å². The molecular formula is C33H37FN6O4S. The molecule has 0 bridgehead atoms. The number of aromatic nitrogens is 1. The summed E-state index contributed by atoms with van der Waals surface area (Å²) in [6.45, 7) is 2.76. The highest BCUT2D eigenvalue weighted by molar-refractivity contribution is 7.90. The number of unbranched alkanes of at least 4 members (excludes halogenated alkanes) is 1. The molecule has 5 N–H and O–H groups in total. The number of carbonyl (C=O) groups excluding carboxylic acids is 1. The number of hydrogen-bond acceptors (Lipinski definition) is 7. The summed E-state index contributed by atoms with van der Waals surface area (Å²) in [4.78, 5) is 23.6. The van der Waals surface area contributed by atoms with Crippen molar-refractivity contribution in [1.82, 2.24) is 4.98 Å².